The quantitative estimate of drug-likeness (QED) is 0.536. The zero-order valence-electron chi connectivity index (χ0n) is 10.1. The normalized spacial score (nSPS) is 32.8. The highest BCUT2D eigenvalue weighted by Gasteiger charge is 2.54. The van der Waals surface area contributed by atoms with Gasteiger partial charge in [0, 0.05) is 6.42 Å². The first-order chi connectivity index (χ1) is 9.07. The number of aliphatic imine (C=N–C) groups is 4. The molecule has 1 aliphatic carbocycles. The Hall–Kier alpha value is -2.48. The monoisotopic (exact) mass is 262 g/mol. The van der Waals surface area contributed by atoms with E-state index in [0.29, 0.717) is 6.42 Å². The van der Waals surface area contributed by atoms with Crippen LogP contribution in [0.15, 0.2) is 20.0 Å². The molecule has 2 atom stereocenters. The molecular formula is C11H10N4O4. The summed E-state index contributed by atoms with van der Waals surface area (Å²) in [7, 11) is 0. The van der Waals surface area contributed by atoms with Crippen molar-refractivity contribution in [3.8, 4) is 0 Å². The van der Waals surface area contributed by atoms with Gasteiger partial charge in [-0.1, -0.05) is 0 Å². The molecule has 0 aromatic heterocycles. The van der Waals surface area contributed by atoms with Crippen LogP contribution in [-0.4, -0.2) is 41.6 Å². The molecule has 98 valence electrons. The molecule has 2 unspecified atom stereocenters. The van der Waals surface area contributed by atoms with Crippen LogP contribution in [0.25, 0.3) is 0 Å². The molecular weight excluding hydrogens is 252 g/mol. The lowest BCUT2D eigenvalue weighted by Crippen LogP contribution is -2.53. The van der Waals surface area contributed by atoms with E-state index >= 15 is 0 Å². The summed E-state index contributed by atoms with van der Waals surface area (Å²) >= 11 is 0. The lowest BCUT2D eigenvalue weighted by atomic mass is 9.72. The van der Waals surface area contributed by atoms with Gasteiger partial charge in [0.25, 0.3) is 0 Å². The molecule has 0 radical (unpaired) electrons. The van der Waals surface area contributed by atoms with Crippen LogP contribution in [0.2, 0.25) is 0 Å². The highest BCUT2D eigenvalue weighted by atomic mass is 16.1. The number of hydrogen-bond donors (Lipinski definition) is 0. The molecule has 0 aliphatic heterocycles. The molecule has 0 heterocycles. The Balaban J connectivity index is 3.41. The van der Waals surface area contributed by atoms with Crippen molar-refractivity contribution in [3.05, 3.63) is 0 Å². The third-order valence-corrected chi connectivity index (χ3v) is 3.34. The first-order valence-corrected chi connectivity index (χ1v) is 5.41. The molecule has 0 amide bonds. The molecule has 19 heavy (non-hydrogen) atoms. The van der Waals surface area contributed by atoms with Gasteiger partial charge in [-0.2, -0.15) is 15.0 Å². The molecule has 1 rings (SSSR count). The first kappa shape index (κ1) is 14.6. The van der Waals surface area contributed by atoms with Crippen molar-refractivity contribution in [2.75, 3.05) is 0 Å². The van der Waals surface area contributed by atoms with Gasteiger partial charge in [0.05, 0.1) is 6.04 Å². The highest BCUT2D eigenvalue weighted by molar-refractivity contribution is 5.44. The number of carbonyl (C=O) groups excluding carboxylic acids is 4. The minimum Gasteiger partial charge on any atom is -0.211 e. The fourth-order valence-electron chi connectivity index (χ4n) is 2.24. The second-order valence-corrected chi connectivity index (χ2v) is 4.32. The van der Waals surface area contributed by atoms with E-state index in [2.05, 4.69) is 20.0 Å². The molecule has 0 aromatic rings. The predicted molar refractivity (Wildman–Crippen MR) is 61.3 cm³/mol. The minimum absolute atomic E-state index is 0.0333. The second kappa shape index (κ2) is 5.91. The average molecular weight is 262 g/mol. The average Bonchev–Trinajstić information content (AvgIpc) is 2.36. The van der Waals surface area contributed by atoms with Crippen LogP contribution >= 0.6 is 0 Å². The lowest BCUT2D eigenvalue weighted by Gasteiger charge is -2.42. The van der Waals surface area contributed by atoms with Gasteiger partial charge < -0.3 is 0 Å². The van der Waals surface area contributed by atoms with Crippen molar-refractivity contribution in [2.24, 2.45) is 20.0 Å². The largest absolute Gasteiger partial charge is 0.237 e. The maximum Gasteiger partial charge on any atom is 0.237 e. The predicted octanol–water partition coefficient (Wildman–Crippen LogP) is 0.337. The summed E-state index contributed by atoms with van der Waals surface area (Å²) in [6.45, 7) is 1.51. The van der Waals surface area contributed by atoms with E-state index in [1.54, 1.807) is 0 Å². The van der Waals surface area contributed by atoms with Gasteiger partial charge in [-0.05, 0) is 19.8 Å². The summed E-state index contributed by atoms with van der Waals surface area (Å²) in [5, 5.41) is 0. The van der Waals surface area contributed by atoms with Crippen molar-refractivity contribution < 1.29 is 19.2 Å². The number of rotatable bonds is 4. The van der Waals surface area contributed by atoms with Crippen molar-refractivity contribution in [2.45, 2.75) is 43.4 Å². The molecule has 1 fully saturated rings. The Kier molecular flexibility index (Phi) is 4.54. The molecule has 0 saturated heterocycles. The number of isocyanates is 4. The Morgan fingerprint density at radius 2 is 1.53 bits per heavy atom. The fraction of sp³-hybridized carbons (Fsp3) is 0.636. The smallest absolute Gasteiger partial charge is 0.211 e. The standard InChI is InChI=1S/C11H10N4O4/c1-10(13-6-17)3-2-9(12-5-16)4-11(10,14-7-18)15-8-19/h9H,2-4H2,1H3. The van der Waals surface area contributed by atoms with E-state index in [1.807, 2.05) is 0 Å². The van der Waals surface area contributed by atoms with Gasteiger partial charge in [-0.3, -0.25) is 0 Å². The van der Waals surface area contributed by atoms with Gasteiger partial charge in [0.1, 0.15) is 5.54 Å². The third kappa shape index (κ3) is 2.68. The van der Waals surface area contributed by atoms with Crippen molar-refractivity contribution in [3.63, 3.8) is 0 Å². The minimum atomic E-state index is -1.64. The van der Waals surface area contributed by atoms with Crippen molar-refractivity contribution in [1.82, 2.24) is 0 Å². The second-order valence-electron chi connectivity index (χ2n) is 4.32. The van der Waals surface area contributed by atoms with Crippen LogP contribution in [0.4, 0.5) is 0 Å². The zero-order chi connectivity index (χ0) is 14.4. The van der Waals surface area contributed by atoms with Gasteiger partial charge >= 0.3 is 0 Å². The molecule has 0 bridgehead atoms. The summed E-state index contributed by atoms with van der Waals surface area (Å²) in [5.74, 6) is 0. The summed E-state index contributed by atoms with van der Waals surface area (Å²) in [5.41, 5.74) is -2.87. The van der Waals surface area contributed by atoms with Crippen LogP contribution in [0.5, 0.6) is 0 Å². The summed E-state index contributed by atoms with van der Waals surface area (Å²) < 4.78 is 0. The maximum atomic E-state index is 10.6. The van der Waals surface area contributed by atoms with Crippen LogP contribution in [-0.2, 0) is 19.2 Å². The van der Waals surface area contributed by atoms with Gasteiger partial charge in [0.2, 0.25) is 30.0 Å². The van der Waals surface area contributed by atoms with Crippen LogP contribution < -0.4 is 0 Å². The maximum absolute atomic E-state index is 10.6. The van der Waals surface area contributed by atoms with Gasteiger partial charge in [-0.25, -0.2) is 24.2 Å². The highest BCUT2D eigenvalue weighted by Crippen LogP contribution is 2.44. The SMILES string of the molecule is CC1(N=C=O)CCC(N=C=O)CC1(N=C=O)N=C=O. The van der Waals surface area contributed by atoms with Crippen molar-refractivity contribution >= 4 is 24.3 Å². The number of nitrogens with zero attached hydrogens (tertiary/aromatic N) is 4. The van der Waals surface area contributed by atoms with Crippen LogP contribution in [0.1, 0.15) is 26.2 Å². The summed E-state index contributed by atoms with van der Waals surface area (Å²) in [6.07, 6.45) is 6.04. The van der Waals surface area contributed by atoms with Gasteiger partial charge in [0.15, 0.2) is 0 Å². The topological polar surface area (TPSA) is 118 Å². The zero-order valence-corrected chi connectivity index (χ0v) is 10.1. The molecule has 0 spiro atoms. The van der Waals surface area contributed by atoms with Crippen LogP contribution in [0, 0.1) is 0 Å². The molecule has 8 heteroatoms. The lowest BCUT2D eigenvalue weighted by molar-refractivity contribution is 0.161. The molecule has 1 aliphatic rings. The molecule has 0 aromatic carbocycles. The fourth-order valence-corrected chi connectivity index (χ4v) is 2.24. The molecule has 8 nitrogen and oxygen atoms in total. The van der Waals surface area contributed by atoms with E-state index in [1.165, 1.54) is 31.2 Å². The summed E-state index contributed by atoms with van der Waals surface area (Å²) in [4.78, 5) is 56.2. The Morgan fingerprint density at radius 3 is 2.00 bits per heavy atom. The van der Waals surface area contributed by atoms with Crippen LogP contribution in [0.3, 0.4) is 0 Å². The van der Waals surface area contributed by atoms with E-state index < -0.39 is 17.2 Å². The van der Waals surface area contributed by atoms with E-state index in [-0.39, 0.29) is 12.8 Å². The van der Waals surface area contributed by atoms with Gasteiger partial charge in [-0.15, -0.1) is 0 Å². The Morgan fingerprint density at radius 1 is 0.947 bits per heavy atom. The summed E-state index contributed by atoms with van der Waals surface area (Å²) in [6, 6.07) is -0.512. The van der Waals surface area contributed by atoms with E-state index in [0.717, 1.165) is 0 Å². The van der Waals surface area contributed by atoms with E-state index in [9.17, 15) is 19.2 Å². The third-order valence-electron chi connectivity index (χ3n) is 3.34. The Labute approximate surface area is 108 Å². The molecule has 0 N–H and O–H groups in total. The Bertz CT molecular complexity index is 531. The number of hydrogen-bond acceptors (Lipinski definition) is 8. The molecule has 1 saturated carbocycles. The first-order valence-electron chi connectivity index (χ1n) is 5.41. The van der Waals surface area contributed by atoms with E-state index in [4.69, 9.17) is 0 Å². The van der Waals surface area contributed by atoms with Crippen molar-refractivity contribution in [1.29, 1.82) is 0 Å².